The van der Waals surface area contributed by atoms with E-state index in [0.29, 0.717) is 0 Å². The molecule has 0 saturated carbocycles. The van der Waals surface area contributed by atoms with Crippen molar-refractivity contribution in [1.29, 1.82) is 0 Å². The zero-order chi connectivity index (χ0) is 14.8. The fourth-order valence-electron chi connectivity index (χ4n) is 2.53. The Kier molecular flexibility index (Phi) is 4.61. The first-order valence-electron chi connectivity index (χ1n) is 6.82. The standard InChI is InChI=1S/C14H26N2O3/c1-13(2,3)10(12(18)19)16-11(17)9-14(4,5)7-6-8-15-9/h9-10,15H,6-8H2,1-5H3,(H,16,17)(H,18,19)/t9?,10-/m1/s1. The number of hydrogen-bond donors (Lipinski definition) is 3. The average Bonchev–Trinajstić information content (AvgIpc) is 2.22. The number of carbonyl (C=O) groups is 2. The molecule has 19 heavy (non-hydrogen) atoms. The zero-order valence-corrected chi connectivity index (χ0v) is 12.5. The summed E-state index contributed by atoms with van der Waals surface area (Å²) in [6.45, 7) is 10.3. The van der Waals surface area contributed by atoms with E-state index < -0.39 is 17.4 Å². The van der Waals surface area contributed by atoms with Crippen molar-refractivity contribution in [3.05, 3.63) is 0 Å². The lowest BCUT2D eigenvalue weighted by Gasteiger charge is -2.39. The minimum absolute atomic E-state index is 0.150. The van der Waals surface area contributed by atoms with Gasteiger partial charge in [-0.25, -0.2) is 4.79 Å². The van der Waals surface area contributed by atoms with Crippen LogP contribution >= 0.6 is 0 Å². The highest BCUT2D eigenvalue weighted by Gasteiger charge is 2.40. The number of amides is 1. The summed E-state index contributed by atoms with van der Waals surface area (Å²) in [5, 5.41) is 15.1. The van der Waals surface area contributed by atoms with Crippen molar-refractivity contribution in [2.45, 2.75) is 59.5 Å². The minimum Gasteiger partial charge on any atom is -0.480 e. The van der Waals surface area contributed by atoms with Crippen LogP contribution < -0.4 is 10.6 Å². The van der Waals surface area contributed by atoms with Gasteiger partial charge in [-0.2, -0.15) is 0 Å². The number of carboxylic acid groups (broad SMARTS) is 1. The van der Waals surface area contributed by atoms with Crippen molar-refractivity contribution in [1.82, 2.24) is 10.6 Å². The molecule has 1 fully saturated rings. The molecule has 1 rings (SSSR count). The maximum atomic E-state index is 12.3. The number of hydrogen-bond acceptors (Lipinski definition) is 3. The third kappa shape index (κ3) is 3.93. The topological polar surface area (TPSA) is 78.4 Å². The Hall–Kier alpha value is -1.10. The third-order valence-corrected chi connectivity index (χ3v) is 3.79. The predicted octanol–water partition coefficient (Wildman–Crippen LogP) is 1.38. The van der Waals surface area contributed by atoms with Crippen molar-refractivity contribution in [2.75, 3.05) is 6.54 Å². The lowest BCUT2D eigenvalue weighted by Crippen LogP contribution is -2.60. The molecule has 0 aromatic rings. The van der Waals surface area contributed by atoms with E-state index in [0.717, 1.165) is 19.4 Å². The molecule has 3 N–H and O–H groups in total. The normalized spacial score (nSPS) is 24.6. The van der Waals surface area contributed by atoms with Gasteiger partial charge in [-0.05, 0) is 30.2 Å². The molecule has 0 radical (unpaired) electrons. The number of aliphatic carboxylic acids is 1. The van der Waals surface area contributed by atoms with Crippen LogP contribution in [0, 0.1) is 10.8 Å². The Morgan fingerprint density at radius 1 is 1.37 bits per heavy atom. The van der Waals surface area contributed by atoms with Gasteiger partial charge in [0.2, 0.25) is 5.91 Å². The van der Waals surface area contributed by atoms with E-state index in [9.17, 15) is 14.7 Å². The number of carbonyl (C=O) groups excluding carboxylic acids is 1. The summed E-state index contributed by atoms with van der Waals surface area (Å²) in [7, 11) is 0. The van der Waals surface area contributed by atoms with Crippen LogP contribution in [-0.2, 0) is 9.59 Å². The third-order valence-electron chi connectivity index (χ3n) is 3.79. The van der Waals surface area contributed by atoms with Crippen LogP contribution in [0.3, 0.4) is 0 Å². The number of rotatable bonds is 3. The van der Waals surface area contributed by atoms with Gasteiger partial charge in [0.1, 0.15) is 6.04 Å². The minimum atomic E-state index is -0.991. The van der Waals surface area contributed by atoms with Crippen LogP contribution in [0.15, 0.2) is 0 Å². The molecule has 1 aliphatic heterocycles. The molecule has 1 aliphatic rings. The van der Waals surface area contributed by atoms with Gasteiger partial charge >= 0.3 is 5.97 Å². The summed E-state index contributed by atoms with van der Waals surface area (Å²) in [5.74, 6) is -1.21. The Morgan fingerprint density at radius 3 is 2.37 bits per heavy atom. The first kappa shape index (κ1) is 16.0. The molecule has 0 spiro atoms. The van der Waals surface area contributed by atoms with Crippen molar-refractivity contribution in [3.63, 3.8) is 0 Å². The van der Waals surface area contributed by atoms with E-state index in [1.165, 1.54) is 0 Å². The molecule has 5 nitrogen and oxygen atoms in total. The summed E-state index contributed by atoms with van der Waals surface area (Å²) in [4.78, 5) is 23.6. The Labute approximate surface area is 115 Å². The van der Waals surface area contributed by atoms with Gasteiger partial charge < -0.3 is 15.7 Å². The Balaban J connectivity index is 2.80. The largest absolute Gasteiger partial charge is 0.480 e. The molecule has 110 valence electrons. The van der Waals surface area contributed by atoms with Crippen molar-refractivity contribution in [3.8, 4) is 0 Å². The maximum Gasteiger partial charge on any atom is 0.326 e. The molecular weight excluding hydrogens is 244 g/mol. The lowest BCUT2D eigenvalue weighted by molar-refractivity contribution is -0.146. The first-order valence-corrected chi connectivity index (χ1v) is 6.82. The highest BCUT2D eigenvalue weighted by molar-refractivity contribution is 5.88. The second-order valence-corrected chi connectivity index (χ2v) is 7.13. The molecule has 0 aromatic carbocycles. The van der Waals surface area contributed by atoms with Gasteiger partial charge in [0.25, 0.3) is 0 Å². The van der Waals surface area contributed by atoms with Gasteiger partial charge in [0.05, 0.1) is 6.04 Å². The Morgan fingerprint density at radius 2 is 1.95 bits per heavy atom. The summed E-state index contributed by atoms with van der Waals surface area (Å²) in [6.07, 6.45) is 2.00. The molecule has 0 aromatic heterocycles. The zero-order valence-electron chi connectivity index (χ0n) is 12.5. The summed E-state index contributed by atoms with van der Waals surface area (Å²) >= 11 is 0. The fourth-order valence-corrected chi connectivity index (χ4v) is 2.53. The van der Waals surface area contributed by atoms with E-state index in [1.54, 1.807) is 0 Å². The van der Waals surface area contributed by atoms with E-state index >= 15 is 0 Å². The van der Waals surface area contributed by atoms with E-state index in [1.807, 2.05) is 34.6 Å². The highest BCUT2D eigenvalue weighted by Crippen LogP contribution is 2.30. The van der Waals surface area contributed by atoms with Crippen LogP contribution in [0.2, 0.25) is 0 Å². The number of piperidine rings is 1. The second kappa shape index (κ2) is 5.49. The smallest absolute Gasteiger partial charge is 0.326 e. The molecule has 0 bridgehead atoms. The van der Waals surface area contributed by atoms with Crippen LogP contribution in [0.1, 0.15) is 47.5 Å². The first-order chi connectivity index (χ1) is 8.55. The molecule has 1 heterocycles. The van der Waals surface area contributed by atoms with Crippen LogP contribution in [0.5, 0.6) is 0 Å². The number of nitrogens with one attached hydrogen (secondary N) is 2. The average molecular weight is 270 g/mol. The molecule has 1 saturated heterocycles. The van der Waals surface area contributed by atoms with Crippen LogP contribution in [0.4, 0.5) is 0 Å². The maximum absolute atomic E-state index is 12.3. The van der Waals surface area contributed by atoms with Gasteiger partial charge in [0.15, 0.2) is 0 Å². The molecule has 2 atom stereocenters. The van der Waals surface area contributed by atoms with Gasteiger partial charge in [-0.1, -0.05) is 34.6 Å². The van der Waals surface area contributed by atoms with Crippen LogP contribution in [0.25, 0.3) is 0 Å². The molecular formula is C14H26N2O3. The lowest BCUT2D eigenvalue weighted by atomic mass is 9.76. The van der Waals surface area contributed by atoms with E-state index in [2.05, 4.69) is 10.6 Å². The van der Waals surface area contributed by atoms with E-state index in [-0.39, 0.29) is 17.4 Å². The van der Waals surface area contributed by atoms with Crippen LogP contribution in [-0.4, -0.2) is 35.6 Å². The Bertz CT molecular complexity index is 358. The molecule has 1 amide bonds. The van der Waals surface area contributed by atoms with Gasteiger partial charge in [-0.3, -0.25) is 4.79 Å². The van der Waals surface area contributed by atoms with Gasteiger partial charge in [0, 0.05) is 0 Å². The van der Waals surface area contributed by atoms with Crippen molar-refractivity contribution < 1.29 is 14.7 Å². The second-order valence-electron chi connectivity index (χ2n) is 7.13. The molecule has 0 aliphatic carbocycles. The predicted molar refractivity (Wildman–Crippen MR) is 73.8 cm³/mol. The van der Waals surface area contributed by atoms with Crippen molar-refractivity contribution in [2.24, 2.45) is 10.8 Å². The fraction of sp³-hybridized carbons (Fsp3) is 0.857. The summed E-state index contributed by atoms with van der Waals surface area (Å²) in [6, 6.07) is -1.20. The monoisotopic (exact) mass is 270 g/mol. The molecule has 1 unspecified atom stereocenters. The van der Waals surface area contributed by atoms with E-state index in [4.69, 9.17) is 0 Å². The quantitative estimate of drug-likeness (QED) is 0.724. The molecule has 5 heteroatoms. The van der Waals surface area contributed by atoms with Crippen molar-refractivity contribution >= 4 is 11.9 Å². The summed E-state index contributed by atoms with van der Waals surface area (Å²) < 4.78 is 0. The number of carboxylic acids is 1. The SMILES string of the molecule is CC1(C)CCCNC1C(=O)N[C@H](C(=O)O)C(C)(C)C. The summed E-state index contributed by atoms with van der Waals surface area (Å²) in [5.41, 5.74) is -0.663. The highest BCUT2D eigenvalue weighted by atomic mass is 16.4. The van der Waals surface area contributed by atoms with Gasteiger partial charge in [-0.15, -0.1) is 0 Å².